The molecule has 1 aliphatic carbocycles. The zero-order chi connectivity index (χ0) is 12.3. The predicted molar refractivity (Wildman–Crippen MR) is 63.8 cm³/mol. The molecular weight excluding hydrogens is 218 g/mol. The van der Waals surface area contributed by atoms with Gasteiger partial charge in [0.15, 0.2) is 0 Å². The largest absolute Gasteiger partial charge is 0.494 e. The number of hydrogen-bond donors (Lipinski definition) is 2. The number of ether oxygens (including phenoxy) is 1. The Morgan fingerprint density at radius 1 is 1.71 bits per heavy atom. The Morgan fingerprint density at radius 3 is 3.06 bits per heavy atom. The minimum Gasteiger partial charge on any atom is -0.494 e. The Bertz CT molecular complexity index is 404. The highest BCUT2D eigenvalue weighted by atomic mass is 16.5. The molecule has 0 spiro atoms. The third-order valence-corrected chi connectivity index (χ3v) is 3.01. The Morgan fingerprint density at radius 2 is 2.47 bits per heavy atom. The smallest absolute Gasteiger partial charge is 0.255 e. The van der Waals surface area contributed by atoms with E-state index in [1.807, 2.05) is 0 Å². The van der Waals surface area contributed by atoms with Crippen LogP contribution in [0.5, 0.6) is 5.75 Å². The molecule has 0 radical (unpaired) electrons. The van der Waals surface area contributed by atoms with E-state index in [9.17, 15) is 4.79 Å². The van der Waals surface area contributed by atoms with Gasteiger partial charge in [0.25, 0.3) is 5.91 Å². The number of carbonyl (C=O) groups excluding carboxylic acids is 1. The van der Waals surface area contributed by atoms with Crippen LogP contribution in [-0.2, 0) is 0 Å². The van der Waals surface area contributed by atoms with Crippen molar-refractivity contribution in [3.63, 3.8) is 0 Å². The summed E-state index contributed by atoms with van der Waals surface area (Å²) in [6.07, 6.45) is 5.40. The topological polar surface area (TPSA) is 77.2 Å². The standard InChI is InChI=1S/C12H17N3O2/c1-17-11-7-14-5-4-9(11)12(16)15-10(6-13)8-2-3-8/h4-5,7-8,10H,2-3,6,13H2,1H3,(H,15,16). The average Bonchev–Trinajstić information content (AvgIpc) is 3.19. The highest BCUT2D eigenvalue weighted by molar-refractivity contribution is 5.96. The molecule has 5 nitrogen and oxygen atoms in total. The van der Waals surface area contributed by atoms with Gasteiger partial charge in [-0.2, -0.15) is 0 Å². The Balaban J connectivity index is 2.07. The lowest BCUT2D eigenvalue weighted by atomic mass is 10.1. The van der Waals surface area contributed by atoms with Crippen molar-refractivity contribution in [1.82, 2.24) is 10.3 Å². The molecule has 0 aliphatic heterocycles. The maximum Gasteiger partial charge on any atom is 0.255 e. The van der Waals surface area contributed by atoms with Crippen LogP contribution >= 0.6 is 0 Å². The van der Waals surface area contributed by atoms with Crippen molar-refractivity contribution < 1.29 is 9.53 Å². The first-order valence-corrected chi connectivity index (χ1v) is 5.75. The summed E-state index contributed by atoms with van der Waals surface area (Å²) in [5.41, 5.74) is 6.15. The number of amides is 1. The number of carbonyl (C=O) groups is 1. The van der Waals surface area contributed by atoms with Gasteiger partial charge < -0.3 is 15.8 Å². The number of nitrogens with two attached hydrogens (primary N) is 1. The van der Waals surface area contributed by atoms with Crippen molar-refractivity contribution in [3.05, 3.63) is 24.0 Å². The highest BCUT2D eigenvalue weighted by Gasteiger charge is 2.31. The van der Waals surface area contributed by atoms with E-state index in [0.717, 1.165) is 12.8 Å². The van der Waals surface area contributed by atoms with E-state index >= 15 is 0 Å². The quantitative estimate of drug-likeness (QED) is 0.781. The molecule has 3 N–H and O–H groups in total. The molecule has 2 rings (SSSR count). The minimum atomic E-state index is -0.147. The number of methoxy groups -OCH3 is 1. The maximum atomic E-state index is 12.1. The zero-order valence-electron chi connectivity index (χ0n) is 9.85. The van der Waals surface area contributed by atoms with Gasteiger partial charge in [-0.05, 0) is 24.8 Å². The van der Waals surface area contributed by atoms with E-state index in [-0.39, 0.29) is 11.9 Å². The molecule has 1 aliphatic rings. The normalized spacial score (nSPS) is 16.4. The van der Waals surface area contributed by atoms with Crippen LogP contribution in [0.15, 0.2) is 18.5 Å². The third kappa shape index (κ3) is 2.74. The van der Waals surface area contributed by atoms with Crippen molar-refractivity contribution in [2.75, 3.05) is 13.7 Å². The number of pyridine rings is 1. The number of nitrogens with one attached hydrogen (secondary N) is 1. The van der Waals surface area contributed by atoms with Gasteiger partial charge in [0.1, 0.15) is 5.75 Å². The van der Waals surface area contributed by atoms with E-state index in [1.54, 1.807) is 12.3 Å². The van der Waals surface area contributed by atoms with E-state index < -0.39 is 0 Å². The molecule has 0 bridgehead atoms. The molecule has 1 saturated carbocycles. The van der Waals surface area contributed by atoms with Crippen molar-refractivity contribution in [1.29, 1.82) is 0 Å². The molecule has 1 heterocycles. The number of rotatable bonds is 5. The van der Waals surface area contributed by atoms with Gasteiger partial charge in [-0.25, -0.2) is 0 Å². The third-order valence-electron chi connectivity index (χ3n) is 3.01. The summed E-state index contributed by atoms with van der Waals surface area (Å²) in [4.78, 5) is 16.0. The molecule has 1 unspecified atom stereocenters. The van der Waals surface area contributed by atoms with Gasteiger partial charge in [0.2, 0.25) is 0 Å². The van der Waals surface area contributed by atoms with Crippen LogP contribution in [-0.4, -0.2) is 30.6 Å². The molecule has 1 fully saturated rings. The first kappa shape index (κ1) is 11.9. The van der Waals surface area contributed by atoms with E-state index in [4.69, 9.17) is 10.5 Å². The SMILES string of the molecule is COc1cnccc1C(=O)NC(CN)C1CC1. The predicted octanol–water partition coefficient (Wildman–Crippen LogP) is 0.557. The second-order valence-corrected chi connectivity index (χ2v) is 4.23. The highest BCUT2D eigenvalue weighted by Crippen LogP contribution is 2.32. The van der Waals surface area contributed by atoms with Gasteiger partial charge in [0, 0.05) is 18.8 Å². The Kier molecular flexibility index (Phi) is 3.58. The molecule has 1 atom stereocenters. The summed E-state index contributed by atoms with van der Waals surface area (Å²) in [6.45, 7) is 0.476. The van der Waals surface area contributed by atoms with E-state index in [2.05, 4.69) is 10.3 Å². The minimum absolute atomic E-state index is 0.0698. The fourth-order valence-corrected chi connectivity index (χ4v) is 1.84. The summed E-state index contributed by atoms with van der Waals surface area (Å²) in [6, 6.07) is 1.72. The van der Waals surface area contributed by atoms with Gasteiger partial charge in [0.05, 0.1) is 18.9 Å². The fraction of sp³-hybridized carbons (Fsp3) is 0.500. The van der Waals surface area contributed by atoms with Crippen LogP contribution in [0.4, 0.5) is 0 Å². The summed E-state index contributed by atoms with van der Waals surface area (Å²) in [5.74, 6) is 0.875. The van der Waals surface area contributed by atoms with Gasteiger partial charge in [-0.3, -0.25) is 9.78 Å². The fourth-order valence-electron chi connectivity index (χ4n) is 1.84. The second kappa shape index (κ2) is 5.14. The molecule has 0 saturated heterocycles. The molecule has 0 aromatic carbocycles. The molecule has 17 heavy (non-hydrogen) atoms. The molecular formula is C12H17N3O2. The van der Waals surface area contributed by atoms with Crippen LogP contribution in [0.25, 0.3) is 0 Å². The number of nitrogens with zero attached hydrogens (tertiary/aromatic N) is 1. The maximum absolute atomic E-state index is 12.1. The van der Waals surface area contributed by atoms with Crippen LogP contribution in [0.2, 0.25) is 0 Å². The lowest BCUT2D eigenvalue weighted by molar-refractivity contribution is 0.0930. The molecule has 5 heteroatoms. The monoisotopic (exact) mass is 235 g/mol. The van der Waals surface area contributed by atoms with Crippen molar-refractivity contribution in [3.8, 4) is 5.75 Å². The first-order chi connectivity index (χ1) is 8.26. The second-order valence-electron chi connectivity index (χ2n) is 4.23. The summed E-state index contributed by atoms with van der Waals surface area (Å²) < 4.78 is 5.10. The Labute approximate surface area is 100 Å². The van der Waals surface area contributed by atoms with Gasteiger partial charge >= 0.3 is 0 Å². The molecule has 1 aromatic rings. The van der Waals surface area contributed by atoms with Crippen molar-refractivity contribution >= 4 is 5.91 Å². The van der Waals surface area contributed by atoms with E-state index in [0.29, 0.717) is 23.8 Å². The summed E-state index contributed by atoms with van der Waals surface area (Å²) >= 11 is 0. The van der Waals surface area contributed by atoms with Crippen LogP contribution in [0.1, 0.15) is 23.2 Å². The van der Waals surface area contributed by atoms with Crippen LogP contribution in [0.3, 0.4) is 0 Å². The Hall–Kier alpha value is -1.62. The lowest BCUT2D eigenvalue weighted by Crippen LogP contribution is -2.41. The zero-order valence-corrected chi connectivity index (χ0v) is 9.85. The molecule has 92 valence electrons. The van der Waals surface area contributed by atoms with Crippen molar-refractivity contribution in [2.45, 2.75) is 18.9 Å². The first-order valence-electron chi connectivity index (χ1n) is 5.75. The molecule has 1 aromatic heterocycles. The van der Waals surface area contributed by atoms with Gasteiger partial charge in [-0.15, -0.1) is 0 Å². The molecule has 1 amide bonds. The summed E-state index contributed by atoms with van der Waals surface area (Å²) in [5, 5.41) is 2.95. The number of hydrogen-bond acceptors (Lipinski definition) is 4. The van der Waals surface area contributed by atoms with Crippen molar-refractivity contribution in [2.24, 2.45) is 11.7 Å². The van der Waals surface area contributed by atoms with Crippen LogP contribution in [0, 0.1) is 5.92 Å². The van der Waals surface area contributed by atoms with Gasteiger partial charge in [-0.1, -0.05) is 0 Å². The van der Waals surface area contributed by atoms with Crippen LogP contribution < -0.4 is 15.8 Å². The lowest BCUT2D eigenvalue weighted by Gasteiger charge is -2.16. The van der Waals surface area contributed by atoms with E-state index in [1.165, 1.54) is 13.3 Å². The summed E-state index contributed by atoms with van der Waals surface area (Å²) in [7, 11) is 1.52. The number of aromatic nitrogens is 1. The average molecular weight is 235 g/mol.